The Bertz CT molecular complexity index is 867. The summed E-state index contributed by atoms with van der Waals surface area (Å²) in [5.41, 5.74) is 2.71. The van der Waals surface area contributed by atoms with Gasteiger partial charge in [-0.1, -0.05) is 0 Å². The number of methoxy groups -OCH3 is 1. The summed E-state index contributed by atoms with van der Waals surface area (Å²) in [6.07, 6.45) is 4.23. The van der Waals surface area contributed by atoms with E-state index in [1.807, 2.05) is 42.7 Å². The zero-order valence-corrected chi connectivity index (χ0v) is 18.2. The van der Waals surface area contributed by atoms with Crippen molar-refractivity contribution in [1.82, 2.24) is 5.32 Å². The normalized spacial score (nSPS) is 13.2. The maximum atomic E-state index is 12.8. The van der Waals surface area contributed by atoms with Gasteiger partial charge < -0.3 is 25.6 Å². The van der Waals surface area contributed by atoms with Crippen molar-refractivity contribution in [2.45, 2.75) is 17.7 Å². The van der Waals surface area contributed by atoms with Crippen molar-refractivity contribution >= 4 is 40.8 Å². The first kappa shape index (κ1) is 22.0. The molecule has 3 amide bonds. The lowest BCUT2D eigenvalue weighted by Crippen LogP contribution is -2.30. The Morgan fingerprint density at radius 2 is 1.70 bits per heavy atom. The maximum absolute atomic E-state index is 12.8. The molecule has 0 bridgehead atoms. The van der Waals surface area contributed by atoms with E-state index in [-0.39, 0.29) is 11.9 Å². The summed E-state index contributed by atoms with van der Waals surface area (Å²) in [7, 11) is 1.60. The highest BCUT2D eigenvalue weighted by atomic mass is 32.2. The second-order valence-electron chi connectivity index (χ2n) is 6.98. The summed E-state index contributed by atoms with van der Waals surface area (Å²) in [4.78, 5) is 28.5. The van der Waals surface area contributed by atoms with Crippen molar-refractivity contribution in [2.24, 2.45) is 0 Å². The SMILES string of the molecule is COCCNC(=O)c1cc(NC(=O)Nc2ccc(SC)cc2)ccc1N1CCCC1. The van der Waals surface area contributed by atoms with Crippen LogP contribution in [0.4, 0.5) is 21.9 Å². The Hall–Kier alpha value is -2.71. The number of anilines is 3. The van der Waals surface area contributed by atoms with E-state index in [0.29, 0.717) is 30.1 Å². The summed E-state index contributed by atoms with van der Waals surface area (Å²) in [6, 6.07) is 12.7. The van der Waals surface area contributed by atoms with Crippen LogP contribution < -0.4 is 20.9 Å². The molecule has 1 fully saturated rings. The Morgan fingerprint density at radius 1 is 1.03 bits per heavy atom. The topological polar surface area (TPSA) is 82.7 Å². The molecular weight excluding hydrogens is 400 g/mol. The molecule has 2 aromatic rings. The van der Waals surface area contributed by atoms with E-state index in [0.717, 1.165) is 36.5 Å². The van der Waals surface area contributed by atoms with E-state index >= 15 is 0 Å². The van der Waals surface area contributed by atoms with Crippen LogP contribution in [-0.2, 0) is 4.74 Å². The molecule has 3 rings (SSSR count). The summed E-state index contributed by atoms with van der Waals surface area (Å²) in [6.45, 7) is 2.73. The quantitative estimate of drug-likeness (QED) is 0.437. The van der Waals surface area contributed by atoms with E-state index in [9.17, 15) is 9.59 Å². The third-order valence-corrected chi connectivity index (χ3v) is 5.63. The highest BCUT2D eigenvalue weighted by Crippen LogP contribution is 2.28. The molecule has 160 valence electrons. The monoisotopic (exact) mass is 428 g/mol. The number of rotatable bonds is 8. The van der Waals surface area contributed by atoms with Crippen LogP contribution in [0.5, 0.6) is 0 Å². The minimum Gasteiger partial charge on any atom is -0.383 e. The number of ether oxygens (including phenoxy) is 1. The molecule has 8 heteroatoms. The van der Waals surface area contributed by atoms with Gasteiger partial charge in [-0.05, 0) is 61.6 Å². The first-order valence-corrected chi connectivity index (χ1v) is 11.2. The summed E-state index contributed by atoms with van der Waals surface area (Å²) in [5, 5.41) is 8.51. The van der Waals surface area contributed by atoms with E-state index in [4.69, 9.17) is 4.74 Å². The van der Waals surface area contributed by atoms with Crippen LogP contribution in [-0.4, -0.2) is 51.5 Å². The van der Waals surface area contributed by atoms with Gasteiger partial charge in [-0.2, -0.15) is 0 Å². The molecule has 7 nitrogen and oxygen atoms in total. The number of hydrogen-bond acceptors (Lipinski definition) is 5. The third-order valence-electron chi connectivity index (χ3n) is 4.89. The van der Waals surface area contributed by atoms with Crippen LogP contribution in [0.3, 0.4) is 0 Å². The first-order chi connectivity index (χ1) is 14.6. The fourth-order valence-corrected chi connectivity index (χ4v) is 3.77. The molecule has 0 atom stereocenters. The van der Waals surface area contributed by atoms with Gasteiger partial charge >= 0.3 is 6.03 Å². The fraction of sp³-hybridized carbons (Fsp3) is 0.364. The number of urea groups is 1. The van der Waals surface area contributed by atoms with E-state index in [1.165, 1.54) is 0 Å². The molecule has 30 heavy (non-hydrogen) atoms. The molecule has 1 aliphatic heterocycles. The molecule has 0 unspecified atom stereocenters. The lowest BCUT2D eigenvalue weighted by molar-refractivity contribution is 0.0937. The van der Waals surface area contributed by atoms with Crippen LogP contribution in [0, 0.1) is 0 Å². The van der Waals surface area contributed by atoms with Gasteiger partial charge in [0.25, 0.3) is 5.91 Å². The van der Waals surface area contributed by atoms with Crippen LogP contribution in [0.25, 0.3) is 0 Å². The second-order valence-corrected chi connectivity index (χ2v) is 7.86. The molecule has 1 heterocycles. The Kier molecular flexibility index (Phi) is 7.98. The molecule has 0 saturated carbocycles. The average molecular weight is 429 g/mol. The van der Waals surface area contributed by atoms with Gasteiger partial charge in [-0.25, -0.2) is 4.79 Å². The lowest BCUT2D eigenvalue weighted by Gasteiger charge is -2.22. The second kappa shape index (κ2) is 10.9. The van der Waals surface area contributed by atoms with Crippen molar-refractivity contribution in [3.8, 4) is 0 Å². The van der Waals surface area contributed by atoms with Gasteiger partial charge in [-0.3, -0.25) is 4.79 Å². The van der Waals surface area contributed by atoms with Crippen LogP contribution >= 0.6 is 11.8 Å². The first-order valence-electron chi connectivity index (χ1n) is 9.99. The van der Waals surface area contributed by atoms with Crippen LogP contribution in [0.15, 0.2) is 47.4 Å². The van der Waals surface area contributed by atoms with Crippen LogP contribution in [0.1, 0.15) is 23.2 Å². The van der Waals surface area contributed by atoms with E-state index in [2.05, 4.69) is 20.9 Å². The summed E-state index contributed by atoms with van der Waals surface area (Å²) in [5.74, 6) is -0.175. The Morgan fingerprint density at radius 3 is 2.37 bits per heavy atom. The zero-order chi connectivity index (χ0) is 21.3. The number of thioether (sulfide) groups is 1. The van der Waals surface area contributed by atoms with Crippen molar-refractivity contribution < 1.29 is 14.3 Å². The lowest BCUT2D eigenvalue weighted by atomic mass is 10.1. The van der Waals surface area contributed by atoms with Crippen molar-refractivity contribution in [2.75, 3.05) is 55.1 Å². The number of amides is 3. The highest BCUT2D eigenvalue weighted by molar-refractivity contribution is 7.98. The number of hydrogen-bond donors (Lipinski definition) is 3. The van der Waals surface area contributed by atoms with Crippen molar-refractivity contribution in [1.29, 1.82) is 0 Å². The Labute approximate surface area is 181 Å². The fourth-order valence-electron chi connectivity index (χ4n) is 3.36. The predicted molar refractivity (Wildman–Crippen MR) is 123 cm³/mol. The highest BCUT2D eigenvalue weighted by Gasteiger charge is 2.20. The van der Waals surface area contributed by atoms with Gasteiger partial charge in [0.1, 0.15) is 0 Å². The average Bonchev–Trinajstić information content (AvgIpc) is 3.29. The number of nitrogens with one attached hydrogen (secondary N) is 3. The molecule has 0 radical (unpaired) electrons. The third kappa shape index (κ3) is 5.90. The van der Waals surface area contributed by atoms with Crippen molar-refractivity contribution in [3.05, 3.63) is 48.0 Å². The van der Waals surface area contributed by atoms with Crippen molar-refractivity contribution in [3.63, 3.8) is 0 Å². The summed E-state index contributed by atoms with van der Waals surface area (Å²) < 4.78 is 5.01. The van der Waals surface area contributed by atoms with Gasteiger partial charge in [-0.15, -0.1) is 11.8 Å². The molecule has 0 aliphatic carbocycles. The molecule has 1 saturated heterocycles. The standard InChI is InChI=1S/C22H28N4O3S/c1-29-14-11-23-21(27)19-15-17(7-10-20(19)26-12-3-4-13-26)25-22(28)24-16-5-8-18(30-2)9-6-16/h5-10,15H,3-4,11-14H2,1-2H3,(H,23,27)(H2,24,25,28). The minimum atomic E-state index is -0.355. The number of carbonyl (C=O) groups excluding carboxylic acids is 2. The smallest absolute Gasteiger partial charge is 0.323 e. The summed E-state index contributed by atoms with van der Waals surface area (Å²) >= 11 is 1.64. The minimum absolute atomic E-state index is 0.175. The van der Waals surface area contributed by atoms with Gasteiger partial charge in [0.05, 0.1) is 12.2 Å². The predicted octanol–water partition coefficient (Wildman–Crippen LogP) is 4.03. The molecule has 3 N–H and O–H groups in total. The molecule has 0 spiro atoms. The van der Waals surface area contributed by atoms with Crippen LogP contribution in [0.2, 0.25) is 0 Å². The molecule has 2 aromatic carbocycles. The zero-order valence-electron chi connectivity index (χ0n) is 17.4. The maximum Gasteiger partial charge on any atom is 0.323 e. The largest absolute Gasteiger partial charge is 0.383 e. The number of nitrogens with zero attached hydrogens (tertiary/aromatic N) is 1. The van der Waals surface area contributed by atoms with Gasteiger partial charge in [0.15, 0.2) is 0 Å². The molecule has 0 aromatic heterocycles. The van der Waals surface area contributed by atoms with E-state index in [1.54, 1.807) is 24.9 Å². The number of benzene rings is 2. The van der Waals surface area contributed by atoms with E-state index < -0.39 is 0 Å². The van der Waals surface area contributed by atoms with Gasteiger partial charge in [0.2, 0.25) is 0 Å². The molecule has 1 aliphatic rings. The number of carbonyl (C=O) groups is 2. The van der Waals surface area contributed by atoms with Gasteiger partial charge in [0, 0.05) is 48.7 Å². The molecular formula is C22H28N4O3S. The Balaban J connectivity index is 1.72.